The lowest BCUT2D eigenvalue weighted by atomic mass is 10.0. The van der Waals surface area contributed by atoms with Crippen LogP contribution in [0.4, 0.5) is 0 Å². The van der Waals surface area contributed by atoms with Crippen LogP contribution in [0.2, 0.25) is 0 Å². The van der Waals surface area contributed by atoms with E-state index in [0.717, 1.165) is 39.3 Å². The minimum atomic E-state index is -0.877. The van der Waals surface area contributed by atoms with Crippen LogP contribution >= 0.6 is 12.6 Å². The van der Waals surface area contributed by atoms with Crippen LogP contribution < -0.4 is 0 Å². The van der Waals surface area contributed by atoms with Crippen LogP contribution in [0.5, 0.6) is 0 Å². The third kappa shape index (κ3) is 3.52. The molecule has 4 rings (SSSR count). The van der Waals surface area contributed by atoms with Gasteiger partial charge in [-0.2, -0.15) is 12.6 Å². The van der Waals surface area contributed by atoms with Gasteiger partial charge in [0.2, 0.25) is 11.6 Å². The highest BCUT2D eigenvalue weighted by molar-refractivity contribution is 7.81. The van der Waals surface area contributed by atoms with Gasteiger partial charge in [-0.15, -0.1) is 0 Å². The van der Waals surface area contributed by atoms with E-state index in [1.807, 2.05) is 14.7 Å². The van der Waals surface area contributed by atoms with Crippen molar-refractivity contribution >= 4 is 30.2 Å². The van der Waals surface area contributed by atoms with Gasteiger partial charge in [0.05, 0.1) is 10.9 Å². The van der Waals surface area contributed by atoms with Crippen LogP contribution in [0.15, 0.2) is 23.2 Å². The maximum Gasteiger partial charge on any atom is 0.316 e. The fourth-order valence-corrected chi connectivity index (χ4v) is 2.28. The van der Waals surface area contributed by atoms with Crippen molar-refractivity contribution in [1.82, 2.24) is 14.7 Å². The smallest absolute Gasteiger partial charge is 0.316 e. The number of thiol groups is 1. The number of carboxylic acids is 1. The number of carbonyl (C=O) groups is 3. The summed E-state index contributed by atoms with van der Waals surface area (Å²) in [7, 11) is 0. The Hall–Kier alpha value is -1.96. The number of allylic oxidation sites excluding steroid dienone is 1. The van der Waals surface area contributed by atoms with Gasteiger partial charge in [0.15, 0.2) is 0 Å². The first-order valence-electron chi connectivity index (χ1n) is 7.61. The van der Waals surface area contributed by atoms with Gasteiger partial charge in [-0.05, 0) is 6.92 Å². The van der Waals surface area contributed by atoms with Gasteiger partial charge in [0.25, 0.3) is 0 Å². The second-order valence-corrected chi connectivity index (χ2v) is 6.67. The lowest BCUT2D eigenvalue weighted by molar-refractivity contribution is -0.136. The molecule has 0 spiro atoms. The molecule has 4 aliphatic rings. The molecule has 0 radical (unpaired) electrons. The molecule has 1 aliphatic carbocycles. The molecule has 0 bridgehead atoms. The molecule has 3 saturated heterocycles. The van der Waals surface area contributed by atoms with E-state index in [1.165, 1.54) is 13.0 Å². The molecule has 3 heterocycles. The number of carbonyl (C=O) groups excluding carboxylic acids is 2. The minimum absolute atomic E-state index is 0.00546. The third-order valence-electron chi connectivity index (χ3n) is 3.85. The summed E-state index contributed by atoms with van der Waals surface area (Å²) >= 11 is 3.59. The number of carboxylic acid groups (broad SMARTS) is 1. The quantitative estimate of drug-likeness (QED) is 0.409. The van der Waals surface area contributed by atoms with E-state index in [0.29, 0.717) is 17.1 Å². The number of hydrogen-bond donors (Lipinski definition) is 2. The van der Waals surface area contributed by atoms with E-state index in [4.69, 9.17) is 5.11 Å². The lowest BCUT2D eigenvalue weighted by Crippen LogP contribution is -2.29. The van der Waals surface area contributed by atoms with Crippen molar-refractivity contribution in [2.75, 3.05) is 39.3 Å². The van der Waals surface area contributed by atoms with Crippen molar-refractivity contribution in [3.63, 3.8) is 0 Å². The number of ketones is 2. The van der Waals surface area contributed by atoms with Crippen molar-refractivity contribution in [1.29, 1.82) is 0 Å². The van der Waals surface area contributed by atoms with Crippen LogP contribution in [-0.4, -0.2) is 81.9 Å². The first-order valence-corrected chi connectivity index (χ1v) is 8.12. The Balaban J connectivity index is 0.000000227. The number of nitrogens with zero attached hydrogens (tertiary/aromatic N) is 3. The molecule has 8 heteroatoms. The maximum atomic E-state index is 12.4. The first-order chi connectivity index (χ1) is 10.9. The van der Waals surface area contributed by atoms with Gasteiger partial charge in [0.1, 0.15) is 11.4 Å². The van der Waals surface area contributed by atoms with Crippen molar-refractivity contribution in [3.8, 4) is 0 Å². The van der Waals surface area contributed by atoms with Crippen molar-refractivity contribution in [2.24, 2.45) is 0 Å². The molecule has 0 aromatic carbocycles. The van der Waals surface area contributed by atoms with Crippen molar-refractivity contribution < 1.29 is 19.5 Å². The van der Waals surface area contributed by atoms with E-state index in [-0.39, 0.29) is 11.6 Å². The van der Waals surface area contributed by atoms with Crippen molar-refractivity contribution in [3.05, 3.63) is 23.2 Å². The topological polar surface area (TPSA) is 80.5 Å². The largest absolute Gasteiger partial charge is 0.480 e. The molecule has 3 fully saturated rings. The molecule has 1 N–H and O–H groups in total. The Morgan fingerprint density at radius 1 is 1.04 bits per heavy atom. The monoisotopic (exact) mass is 337 g/mol. The van der Waals surface area contributed by atoms with Crippen LogP contribution in [0.25, 0.3) is 0 Å². The highest BCUT2D eigenvalue weighted by Crippen LogP contribution is 2.33. The van der Waals surface area contributed by atoms with Gasteiger partial charge in [-0.25, -0.2) is 0 Å². The Morgan fingerprint density at radius 3 is 1.87 bits per heavy atom. The molecule has 7 nitrogen and oxygen atoms in total. The van der Waals surface area contributed by atoms with Gasteiger partial charge in [0, 0.05) is 45.3 Å². The van der Waals surface area contributed by atoms with Gasteiger partial charge in [-0.1, -0.05) is 0 Å². The predicted molar refractivity (Wildman–Crippen MR) is 85.9 cm³/mol. The summed E-state index contributed by atoms with van der Waals surface area (Å²) in [5.74, 6) is -0.828. The van der Waals surface area contributed by atoms with E-state index < -0.39 is 11.2 Å². The Bertz CT molecular complexity index is 629. The molecule has 124 valence electrons. The van der Waals surface area contributed by atoms with E-state index >= 15 is 0 Å². The summed E-state index contributed by atoms with van der Waals surface area (Å²) in [4.78, 5) is 40.1. The number of rotatable bonds is 4. The molecule has 23 heavy (non-hydrogen) atoms. The Labute approximate surface area is 139 Å². The van der Waals surface area contributed by atoms with Crippen LogP contribution in [0.3, 0.4) is 0 Å². The summed E-state index contributed by atoms with van der Waals surface area (Å²) in [5.41, 5.74) is 1.89. The minimum Gasteiger partial charge on any atom is -0.480 e. The molecule has 0 aromatic rings. The standard InChI is InChI=1S/C12H13N3O2.C3H6O2S/c16-9-7-8(13-1-2-13)12(17)11(15-5-6-15)10(9)14-3-4-14;1-2(6)3(4)5/h7H,1-6H2;2,6H,1H3,(H,4,5). The highest BCUT2D eigenvalue weighted by Gasteiger charge is 2.43. The Morgan fingerprint density at radius 2 is 1.48 bits per heavy atom. The van der Waals surface area contributed by atoms with Gasteiger partial charge < -0.3 is 19.8 Å². The first kappa shape index (κ1) is 15.9. The third-order valence-corrected chi connectivity index (χ3v) is 4.07. The van der Waals surface area contributed by atoms with Gasteiger partial charge in [-0.3, -0.25) is 14.4 Å². The maximum absolute atomic E-state index is 12.4. The molecular weight excluding hydrogens is 318 g/mol. The molecule has 3 aliphatic heterocycles. The molecule has 0 amide bonds. The van der Waals surface area contributed by atoms with Crippen LogP contribution in [0.1, 0.15) is 6.92 Å². The summed E-state index contributed by atoms with van der Waals surface area (Å²) < 4.78 is 0. The fraction of sp³-hybridized carbons (Fsp3) is 0.533. The SMILES string of the molecule is CC(S)C(=O)O.O=C1C=C(N2CC2)C(=O)C(N2CC2)=C1N1CC1. The van der Waals surface area contributed by atoms with Crippen LogP contribution in [-0.2, 0) is 14.4 Å². The predicted octanol–water partition coefficient (Wildman–Crippen LogP) is -0.430. The van der Waals surface area contributed by atoms with Crippen molar-refractivity contribution in [2.45, 2.75) is 12.2 Å². The average Bonchev–Trinajstić information content (AvgIpc) is 3.36. The lowest BCUT2D eigenvalue weighted by Gasteiger charge is -2.21. The average molecular weight is 337 g/mol. The zero-order valence-corrected chi connectivity index (χ0v) is 13.8. The number of hydrogen-bond acceptors (Lipinski definition) is 7. The molecular formula is C15H19N3O4S. The molecule has 1 unspecified atom stereocenters. The second-order valence-electron chi connectivity index (χ2n) is 5.90. The molecule has 1 atom stereocenters. The van der Waals surface area contributed by atoms with E-state index in [9.17, 15) is 14.4 Å². The zero-order chi connectivity index (χ0) is 16.7. The van der Waals surface area contributed by atoms with E-state index in [2.05, 4.69) is 12.6 Å². The fourth-order valence-electron chi connectivity index (χ4n) is 2.28. The summed E-state index contributed by atoms with van der Waals surface area (Å²) in [6, 6.07) is 0. The number of aliphatic carboxylic acids is 1. The summed E-state index contributed by atoms with van der Waals surface area (Å²) in [6.07, 6.45) is 1.52. The second kappa shape index (κ2) is 5.92. The Kier molecular flexibility index (Phi) is 4.09. The van der Waals surface area contributed by atoms with E-state index in [1.54, 1.807) is 0 Å². The van der Waals surface area contributed by atoms with Gasteiger partial charge >= 0.3 is 5.97 Å². The summed E-state index contributed by atoms with van der Waals surface area (Å²) in [6.45, 7) is 6.91. The number of Topliss-reactive ketones (excluding diaryl/α,β-unsaturated/α-hetero) is 1. The molecule has 0 saturated carbocycles. The summed E-state index contributed by atoms with van der Waals surface area (Å²) in [5, 5.41) is 7.38. The van der Waals surface area contributed by atoms with Crippen LogP contribution in [0, 0.1) is 0 Å². The molecule has 0 aromatic heterocycles. The highest BCUT2D eigenvalue weighted by atomic mass is 32.1. The zero-order valence-electron chi connectivity index (χ0n) is 12.9. The normalized spacial score (nSPS) is 23.2.